The van der Waals surface area contributed by atoms with Crippen LogP contribution >= 0.6 is 0 Å². The molecule has 0 aliphatic carbocycles. The van der Waals surface area contributed by atoms with E-state index in [4.69, 9.17) is 5.73 Å². The Labute approximate surface area is 155 Å². The lowest BCUT2D eigenvalue weighted by molar-refractivity contribution is -0.148. The molecule has 5 nitrogen and oxygen atoms in total. The molecular formula is C19H21F3N4O. The summed E-state index contributed by atoms with van der Waals surface area (Å²) in [5.74, 6) is -0.268. The van der Waals surface area contributed by atoms with E-state index in [1.54, 1.807) is 24.3 Å². The van der Waals surface area contributed by atoms with Gasteiger partial charge in [0.1, 0.15) is 0 Å². The monoisotopic (exact) mass is 378 g/mol. The fourth-order valence-corrected chi connectivity index (χ4v) is 3.15. The van der Waals surface area contributed by atoms with Gasteiger partial charge < -0.3 is 11.1 Å². The van der Waals surface area contributed by atoms with Gasteiger partial charge in [0.05, 0.1) is 17.8 Å². The Bertz CT molecular complexity index is 784. The molecule has 1 saturated heterocycles. The number of piperidine rings is 1. The van der Waals surface area contributed by atoms with E-state index < -0.39 is 12.7 Å². The fraction of sp³-hybridized carbons (Fsp3) is 0.368. The summed E-state index contributed by atoms with van der Waals surface area (Å²) >= 11 is 0. The Kier molecular flexibility index (Phi) is 5.65. The minimum atomic E-state index is -4.19. The average molecular weight is 378 g/mol. The molecule has 1 fully saturated rings. The van der Waals surface area contributed by atoms with Crippen molar-refractivity contribution in [2.75, 3.05) is 25.4 Å². The van der Waals surface area contributed by atoms with Gasteiger partial charge in [-0.25, -0.2) is 0 Å². The summed E-state index contributed by atoms with van der Waals surface area (Å²) in [6.45, 7) is -0.267. The standard InChI is InChI=1S/C19H21F3N4O/c20-19(21,22)12-26-8-6-16(7-9-26)25-18(27)14-4-5-17(24-11-14)13-2-1-3-15(23)10-13/h1-5,10-11,16H,6-9,12,23H2,(H,25,27). The molecule has 1 aliphatic heterocycles. The van der Waals surface area contributed by atoms with E-state index in [-0.39, 0.29) is 11.9 Å². The molecule has 144 valence electrons. The first-order chi connectivity index (χ1) is 12.8. The fourth-order valence-electron chi connectivity index (χ4n) is 3.15. The minimum Gasteiger partial charge on any atom is -0.399 e. The number of pyridine rings is 1. The number of carbonyl (C=O) groups is 1. The quantitative estimate of drug-likeness (QED) is 0.802. The van der Waals surface area contributed by atoms with Gasteiger partial charge in [0.2, 0.25) is 0 Å². The highest BCUT2D eigenvalue weighted by Gasteiger charge is 2.32. The minimum absolute atomic E-state index is 0.129. The van der Waals surface area contributed by atoms with Crippen LogP contribution in [0, 0.1) is 0 Å². The number of amides is 1. The number of hydrogen-bond acceptors (Lipinski definition) is 4. The van der Waals surface area contributed by atoms with Crippen molar-refractivity contribution in [2.45, 2.75) is 25.1 Å². The largest absolute Gasteiger partial charge is 0.401 e. The highest BCUT2D eigenvalue weighted by molar-refractivity contribution is 5.94. The molecule has 3 N–H and O–H groups in total. The molecule has 3 rings (SSSR count). The first-order valence-electron chi connectivity index (χ1n) is 8.72. The summed E-state index contributed by atoms with van der Waals surface area (Å²) in [5, 5.41) is 2.88. The van der Waals surface area contributed by atoms with Crippen molar-refractivity contribution in [3.8, 4) is 11.3 Å². The van der Waals surface area contributed by atoms with Crippen LogP contribution in [-0.4, -0.2) is 47.6 Å². The van der Waals surface area contributed by atoms with Gasteiger partial charge in [-0.15, -0.1) is 0 Å². The number of alkyl halides is 3. The third-order valence-electron chi connectivity index (χ3n) is 4.53. The Hall–Kier alpha value is -2.61. The van der Waals surface area contributed by atoms with E-state index in [0.29, 0.717) is 42.9 Å². The number of nitrogens with one attached hydrogen (secondary N) is 1. The van der Waals surface area contributed by atoms with Crippen molar-refractivity contribution in [1.29, 1.82) is 0 Å². The summed E-state index contributed by atoms with van der Waals surface area (Å²) in [7, 11) is 0. The zero-order chi connectivity index (χ0) is 19.4. The van der Waals surface area contributed by atoms with Crippen LogP contribution in [0.4, 0.5) is 18.9 Å². The van der Waals surface area contributed by atoms with Gasteiger partial charge in [-0.1, -0.05) is 12.1 Å². The molecule has 1 aromatic carbocycles. The second-order valence-corrected chi connectivity index (χ2v) is 6.70. The Morgan fingerprint density at radius 2 is 1.96 bits per heavy atom. The molecule has 1 amide bonds. The lowest BCUT2D eigenvalue weighted by Gasteiger charge is -2.32. The Balaban J connectivity index is 1.54. The van der Waals surface area contributed by atoms with Crippen molar-refractivity contribution < 1.29 is 18.0 Å². The predicted molar refractivity (Wildman–Crippen MR) is 97.1 cm³/mol. The molecule has 0 unspecified atom stereocenters. The number of benzene rings is 1. The smallest absolute Gasteiger partial charge is 0.399 e. The normalized spacial score (nSPS) is 16.3. The number of hydrogen-bond donors (Lipinski definition) is 2. The number of likely N-dealkylation sites (tertiary alicyclic amines) is 1. The lowest BCUT2D eigenvalue weighted by atomic mass is 10.0. The van der Waals surface area contributed by atoms with E-state index in [2.05, 4.69) is 10.3 Å². The number of nitrogens with zero attached hydrogens (tertiary/aromatic N) is 2. The molecule has 8 heteroatoms. The van der Waals surface area contributed by atoms with Crippen molar-refractivity contribution in [3.63, 3.8) is 0 Å². The van der Waals surface area contributed by atoms with E-state index in [0.717, 1.165) is 5.56 Å². The zero-order valence-corrected chi connectivity index (χ0v) is 14.7. The van der Waals surface area contributed by atoms with E-state index in [1.165, 1.54) is 11.1 Å². The van der Waals surface area contributed by atoms with Gasteiger partial charge in [0, 0.05) is 36.6 Å². The number of nitrogens with two attached hydrogens (primary N) is 1. The maximum absolute atomic E-state index is 12.4. The van der Waals surface area contributed by atoms with Crippen molar-refractivity contribution in [2.24, 2.45) is 0 Å². The van der Waals surface area contributed by atoms with Crippen LogP contribution in [0.1, 0.15) is 23.2 Å². The molecule has 1 aliphatic rings. The summed E-state index contributed by atoms with van der Waals surface area (Å²) in [4.78, 5) is 18.0. The van der Waals surface area contributed by atoms with E-state index >= 15 is 0 Å². The van der Waals surface area contributed by atoms with Crippen LogP contribution in [-0.2, 0) is 0 Å². The third-order valence-corrected chi connectivity index (χ3v) is 4.53. The van der Waals surface area contributed by atoms with Crippen LogP contribution in [0.2, 0.25) is 0 Å². The third kappa shape index (κ3) is 5.43. The van der Waals surface area contributed by atoms with Gasteiger partial charge >= 0.3 is 6.18 Å². The molecule has 0 radical (unpaired) electrons. The summed E-state index contributed by atoms with van der Waals surface area (Å²) < 4.78 is 37.3. The molecule has 0 spiro atoms. The van der Waals surface area contributed by atoms with Crippen LogP contribution in [0.15, 0.2) is 42.6 Å². The average Bonchev–Trinajstić information content (AvgIpc) is 2.62. The molecule has 0 saturated carbocycles. The summed E-state index contributed by atoms with van der Waals surface area (Å²) in [6.07, 6.45) is -1.70. The van der Waals surface area contributed by atoms with Crippen LogP contribution in [0.5, 0.6) is 0 Å². The zero-order valence-electron chi connectivity index (χ0n) is 14.7. The number of nitrogen functional groups attached to an aromatic ring is 1. The first-order valence-corrected chi connectivity index (χ1v) is 8.72. The Morgan fingerprint density at radius 1 is 1.22 bits per heavy atom. The number of carbonyl (C=O) groups excluding carboxylic acids is 1. The molecule has 0 atom stereocenters. The van der Waals surface area contributed by atoms with Gasteiger partial charge in [-0.3, -0.25) is 14.7 Å². The summed E-state index contributed by atoms with van der Waals surface area (Å²) in [5.41, 5.74) is 8.38. The van der Waals surface area contributed by atoms with Gasteiger partial charge in [-0.2, -0.15) is 13.2 Å². The van der Waals surface area contributed by atoms with E-state index in [9.17, 15) is 18.0 Å². The van der Waals surface area contributed by atoms with Crippen molar-refractivity contribution >= 4 is 11.6 Å². The first kappa shape index (κ1) is 19.2. The lowest BCUT2D eigenvalue weighted by Crippen LogP contribution is -2.47. The molecule has 0 bridgehead atoms. The molecule has 27 heavy (non-hydrogen) atoms. The maximum Gasteiger partial charge on any atom is 0.401 e. The summed E-state index contributed by atoms with van der Waals surface area (Å²) in [6, 6.07) is 10.6. The molecule has 2 heterocycles. The number of rotatable bonds is 4. The molecule has 2 aromatic rings. The Morgan fingerprint density at radius 3 is 2.56 bits per heavy atom. The number of halogens is 3. The van der Waals surface area contributed by atoms with Crippen LogP contribution in [0.25, 0.3) is 11.3 Å². The predicted octanol–water partition coefficient (Wildman–Crippen LogP) is 3.09. The highest BCUT2D eigenvalue weighted by Crippen LogP contribution is 2.21. The highest BCUT2D eigenvalue weighted by atomic mass is 19.4. The van der Waals surface area contributed by atoms with Gasteiger partial charge in [0.15, 0.2) is 0 Å². The van der Waals surface area contributed by atoms with Crippen LogP contribution < -0.4 is 11.1 Å². The second-order valence-electron chi connectivity index (χ2n) is 6.70. The number of anilines is 1. The van der Waals surface area contributed by atoms with Gasteiger partial charge in [0.25, 0.3) is 5.91 Å². The number of aromatic nitrogens is 1. The second kappa shape index (κ2) is 7.96. The van der Waals surface area contributed by atoms with Crippen LogP contribution in [0.3, 0.4) is 0 Å². The topological polar surface area (TPSA) is 71.2 Å². The van der Waals surface area contributed by atoms with Crippen molar-refractivity contribution in [1.82, 2.24) is 15.2 Å². The van der Waals surface area contributed by atoms with E-state index in [1.807, 2.05) is 12.1 Å². The SMILES string of the molecule is Nc1cccc(-c2ccc(C(=O)NC3CCN(CC(F)(F)F)CC3)cn2)c1. The molecular weight excluding hydrogens is 357 g/mol. The maximum atomic E-state index is 12.4. The molecule has 1 aromatic heterocycles. The van der Waals surface area contributed by atoms with Crippen molar-refractivity contribution in [3.05, 3.63) is 48.2 Å². The van der Waals surface area contributed by atoms with Gasteiger partial charge in [-0.05, 0) is 37.1 Å².